The van der Waals surface area contributed by atoms with Gasteiger partial charge in [-0.25, -0.2) is 0 Å². The highest BCUT2D eigenvalue weighted by Crippen LogP contribution is 2.18. The summed E-state index contributed by atoms with van der Waals surface area (Å²) >= 11 is 0. The lowest BCUT2D eigenvalue weighted by Crippen LogP contribution is -2.29. The van der Waals surface area contributed by atoms with Crippen LogP contribution in [0, 0.1) is 5.92 Å². The zero-order valence-electron chi connectivity index (χ0n) is 12.8. The molecule has 0 aromatic rings. The Labute approximate surface area is 129 Å². The van der Waals surface area contributed by atoms with Crippen LogP contribution in [0.25, 0.3) is 0 Å². The summed E-state index contributed by atoms with van der Waals surface area (Å²) in [5.74, 6) is 1.04. The van der Waals surface area contributed by atoms with E-state index in [1.165, 1.54) is 0 Å². The van der Waals surface area contributed by atoms with Gasteiger partial charge in [0.25, 0.3) is 0 Å². The maximum Gasteiger partial charge on any atom is 0.222 e. The molecule has 0 atom stereocenters. The molecule has 0 unspecified atom stereocenters. The van der Waals surface area contributed by atoms with Crippen molar-refractivity contribution in [1.82, 2.24) is 4.90 Å². The van der Waals surface area contributed by atoms with E-state index in [0.29, 0.717) is 12.3 Å². The fourth-order valence-electron chi connectivity index (χ4n) is 2.50. The third kappa shape index (κ3) is 8.77. The molecule has 1 aliphatic heterocycles. The number of carbonyl (C=O) groups is 1. The highest BCUT2D eigenvalue weighted by atomic mass is 35.5. The van der Waals surface area contributed by atoms with Crippen molar-refractivity contribution < 1.29 is 9.53 Å². The summed E-state index contributed by atoms with van der Waals surface area (Å²) in [6, 6.07) is 0. The van der Waals surface area contributed by atoms with E-state index in [9.17, 15) is 4.79 Å². The normalized spacial score (nSPS) is 15.7. The van der Waals surface area contributed by atoms with Crippen molar-refractivity contribution in [3.05, 3.63) is 0 Å². The molecule has 0 radical (unpaired) electrons. The predicted molar refractivity (Wildman–Crippen MR) is 85.2 cm³/mol. The highest BCUT2D eigenvalue weighted by molar-refractivity contribution is 5.85. The number of halogens is 1. The number of rotatable bonds is 9. The molecule has 5 heteroatoms. The molecule has 1 fully saturated rings. The maximum atomic E-state index is 11.9. The standard InChI is InChI=1S/C15H30N2O2.ClH/c1-17(11-7-14-8-12-19-13-9-14)15(18)6-4-2-3-5-10-16;/h14H,2-13,16H2,1H3;1H. The molecule has 4 nitrogen and oxygen atoms in total. The number of nitrogens with zero attached hydrogens (tertiary/aromatic N) is 1. The van der Waals surface area contributed by atoms with Crippen LogP contribution in [0.15, 0.2) is 0 Å². The molecular formula is C15H31ClN2O2. The molecule has 1 saturated heterocycles. The lowest BCUT2D eigenvalue weighted by atomic mass is 9.96. The van der Waals surface area contributed by atoms with Crippen molar-refractivity contribution in [2.24, 2.45) is 11.7 Å². The molecule has 1 amide bonds. The molecular weight excluding hydrogens is 276 g/mol. The maximum absolute atomic E-state index is 11.9. The van der Waals surface area contributed by atoms with Gasteiger partial charge in [-0.05, 0) is 44.6 Å². The van der Waals surface area contributed by atoms with Gasteiger partial charge in [0.05, 0.1) is 0 Å². The molecule has 2 N–H and O–H groups in total. The van der Waals surface area contributed by atoms with Gasteiger partial charge in [0.15, 0.2) is 0 Å². The number of hydrogen-bond donors (Lipinski definition) is 1. The van der Waals surface area contributed by atoms with Crippen molar-refractivity contribution in [2.75, 3.05) is 33.4 Å². The molecule has 0 aromatic heterocycles. The molecule has 1 aliphatic rings. The molecule has 1 rings (SSSR count). The van der Waals surface area contributed by atoms with Gasteiger partial charge >= 0.3 is 0 Å². The number of ether oxygens (including phenoxy) is 1. The van der Waals surface area contributed by atoms with Gasteiger partial charge in [-0.2, -0.15) is 0 Å². The molecule has 120 valence electrons. The fourth-order valence-corrected chi connectivity index (χ4v) is 2.50. The Hall–Kier alpha value is -0.320. The first-order valence-corrected chi connectivity index (χ1v) is 7.76. The van der Waals surface area contributed by atoms with Gasteiger partial charge < -0.3 is 15.4 Å². The smallest absolute Gasteiger partial charge is 0.222 e. The number of unbranched alkanes of at least 4 members (excludes halogenated alkanes) is 3. The first-order valence-electron chi connectivity index (χ1n) is 7.76. The van der Waals surface area contributed by atoms with Gasteiger partial charge in [-0.15, -0.1) is 12.4 Å². The Morgan fingerprint density at radius 3 is 2.50 bits per heavy atom. The Bertz CT molecular complexity index is 246. The van der Waals surface area contributed by atoms with Crippen LogP contribution in [-0.4, -0.2) is 44.2 Å². The van der Waals surface area contributed by atoms with Crippen LogP contribution in [0.2, 0.25) is 0 Å². The summed E-state index contributed by atoms with van der Waals surface area (Å²) in [6.45, 7) is 3.44. The monoisotopic (exact) mass is 306 g/mol. The molecule has 0 bridgehead atoms. The molecule has 0 saturated carbocycles. The molecule has 0 aromatic carbocycles. The lowest BCUT2D eigenvalue weighted by molar-refractivity contribution is -0.130. The van der Waals surface area contributed by atoms with Crippen LogP contribution in [0.4, 0.5) is 0 Å². The molecule has 0 spiro atoms. The van der Waals surface area contributed by atoms with Crippen LogP contribution in [0.3, 0.4) is 0 Å². The van der Waals surface area contributed by atoms with Gasteiger partial charge in [-0.1, -0.05) is 12.8 Å². The van der Waals surface area contributed by atoms with Gasteiger partial charge in [0.2, 0.25) is 5.91 Å². The number of carbonyl (C=O) groups excluding carboxylic acids is 1. The SMILES string of the molecule is CN(CCC1CCOCC1)C(=O)CCCCCCN.Cl. The van der Waals surface area contributed by atoms with Crippen LogP contribution < -0.4 is 5.73 Å². The van der Waals surface area contributed by atoms with E-state index < -0.39 is 0 Å². The van der Waals surface area contributed by atoms with E-state index in [4.69, 9.17) is 10.5 Å². The molecule has 20 heavy (non-hydrogen) atoms. The fraction of sp³-hybridized carbons (Fsp3) is 0.933. The van der Waals surface area contributed by atoms with Gasteiger partial charge in [0.1, 0.15) is 0 Å². The second kappa shape index (κ2) is 12.4. The van der Waals surface area contributed by atoms with Crippen molar-refractivity contribution in [3.8, 4) is 0 Å². The van der Waals surface area contributed by atoms with Crippen LogP contribution in [0.5, 0.6) is 0 Å². The number of amides is 1. The van der Waals surface area contributed by atoms with Crippen molar-refractivity contribution in [3.63, 3.8) is 0 Å². The Kier molecular flexibility index (Phi) is 12.2. The minimum absolute atomic E-state index is 0. The summed E-state index contributed by atoms with van der Waals surface area (Å²) in [5, 5.41) is 0. The summed E-state index contributed by atoms with van der Waals surface area (Å²) in [7, 11) is 1.93. The average Bonchev–Trinajstić information content (AvgIpc) is 2.45. The third-order valence-electron chi connectivity index (χ3n) is 3.98. The van der Waals surface area contributed by atoms with E-state index in [1.807, 2.05) is 11.9 Å². The summed E-state index contributed by atoms with van der Waals surface area (Å²) < 4.78 is 5.35. The van der Waals surface area contributed by atoms with Gasteiger partial charge in [-0.3, -0.25) is 4.79 Å². The minimum Gasteiger partial charge on any atom is -0.381 e. The Morgan fingerprint density at radius 1 is 1.20 bits per heavy atom. The van der Waals surface area contributed by atoms with Gasteiger partial charge in [0, 0.05) is 33.2 Å². The average molecular weight is 307 g/mol. The quantitative estimate of drug-likeness (QED) is 0.666. The lowest BCUT2D eigenvalue weighted by Gasteiger charge is -2.25. The topological polar surface area (TPSA) is 55.6 Å². The van der Waals surface area contributed by atoms with E-state index in [0.717, 1.165) is 77.2 Å². The van der Waals surface area contributed by atoms with Crippen LogP contribution in [0.1, 0.15) is 51.4 Å². The number of nitrogens with two attached hydrogens (primary N) is 1. The Balaban J connectivity index is 0.00000361. The van der Waals surface area contributed by atoms with Crippen molar-refractivity contribution in [2.45, 2.75) is 51.4 Å². The first kappa shape index (κ1) is 19.7. The molecule has 0 aliphatic carbocycles. The predicted octanol–water partition coefficient (Wildman–Crippen LogP) is 2.59. The van der Waals surface area contributed by atoms with Crippen LogP contribution >= 0.6 is 12.4 Å². The summed E-state index contributed by atoms with van der Waals surface area (Å²) in [5.41, 5.74) is 5.45. The molecule has 1 heterocycles. The zero-order chi connectivity index (χ0) is 13.9. The van der Waals surface area contributed by atoms with E-state index >= 15 is 0 Å². The van der Waals surface area contributed by atoms with E-state index in [1.54, 1.807) is 0 Å². The zero-order valence-corrected chi connectivity index (χ0v) is 13.6. The minimum atomic E-state index is 0. The van der Waals surface area contributed by atoms with Crippen LogP contribution in [-0.2, 0) is 9.53 Å². The highest BCUT2D eigenvalue weighted by Gasteiger charge is 2.15. The Morgan fingerprint density at radius 2 is 1.85 bits per heavy atom. The second-order valence-corrected chi connectivity index (χ2v) is 5.61. The third-order valence-corrected chi connectivity index (χ3v) is 3.98. The number of hydrogen-bond acceptors (Lipinski definition) is 3. The second-order valence-electron chi connectivity index (χ2n) is 5.61. The summed E-state index contributed by atoms with van der Waals surface area (Å²) in [4.78, 5) is 13.8. The van der Waals surface area contributed by atoms with Crippen molar-refractivity contribution >= 4 is 18.3 Å². The van der Waals surface area contributed by atoms with E-state index in [-0.39, 0.29) is 12.4 Å². The first-order chi connectivity index (χ1) is 9.24. The largest absolute Gasteiger partial charge is 0.381 e. The van der Waals surface area contributed by atoms with E-state index in [2.05, 4.69) is 0 Å². The van der Waals surface area contributed by atoms with Crippen molar-refractivity contribution in [1.29, 1.82) is 0 Å². The summed E-state index contributed by atoms with van der Waals surface area (Å²) in [6.07, 6.45) is 8.47.